The normalized spacial score (nSPS) is 21.1. The summed E-state index contributed by atoms with van der Waals surface area (Å²) in [6.45, 7) is 1.47. The lowest BCUT2D eigenvalue weighted by molar-refractivity contribution is -0.124. The van der Waals surface area contributed by atoms with Crippen LogP contribution >= 0.6 is 0 Å². The van der Waals surface area contributed by atoms with E-state index >= 15 is 0 Å². The molecule has 1 aromatic rings. The molecular formula is C11H13FN2O. The van der Waals surface area contributed by atoms with E-state index in [4.69, 9.17) is 0 Å². The second-order valence-electron chi connectivity index (χ2n) is 3.63. The number of hydrogen-bond acceptors (Lipinski definition) is 2. The second-order valence-corrected chi connectivity index (χ2v) is 3.63. The third kappa shape index (κ3) is 2.53. The molecular weight excluding hydrogens is 195 g/mol. The molecule has 80 valence electrons. The maximum absolute atomic E-state index is 12.6. The summed E-state index contributed by atoms with van der Waals surface area (Å²) in [6, 6.07) is 6.05. The maximum Gasteiger partial charge on any atom is 0.237 e. The van der Waals surface area contributed by atoms with Crippen molar-refractivity contribution in [1.82, 2.24) is 10.6 Å². The van der Waals surface area contributed by atoms with Crippen LogP contribution in [0.4, 0.5) is 4.39 Å². The minimum absolute atomic E-state index is 0.0191. The number of rotatable bonds is 2. The SMILES string of the molecule is O=C1NCCN[C@H]1Cc1ccc(F)cc1. The molecule has 1 heterocycles. The Kier molecular flexibility index (Phi) is 2.97. The van der Waals surface area contributed by atoms with E-state index in [1.54, 1.807) is 12.1 Å². The number of carbonyl (C=O) groups excluding carboxylic acids is 1. The van der Waals surface area contributed by atoms with Gasteiger partial charge in [-0.3, -0.25) is 4.79 Å². The zero-order valence-corrected chi connectivity index (χ0v) is 8.29. The minimum Gasteiger partial charge on any atom is -0.353 e. The molecule has 1 saturated heterocycles. The Morgan fingerprint density at radius 3 is 2.67 bits per heavy atom. The van der Waals surface area contributed by atoms with Gasteiger partial charge in [0.05, 0.1) is 6.04 Å². The smallest absolute Gasteiger partial charge is 0.237 e. The van der Waals surface area contributed by atoms with E-state index in [0.29, 0.717) is 13.0 Å². The molecule has 1 aromatic carbocycles. The van der Waals surface area contributed by atoms with E-state index in [9.17, 15) is 9.18 Å². The molecule has 0 saturated carbocycles. The molecule has 2 N–H and O–H groups in total. The van der Waals surface area contributed by atoms with E-state index in [1.807, 2.05) is 0 Å². The maximum atomic E-state index is 12.6. The zero-order chi connectivity index (χ0) is 10.7. The number of hydrogen-bond donors (Lipinski definition) is 2. The number of halogens is 1. The molecule has 1 fully saturated rings. The van der Waals surface area contributed by atoms with E-state index in [0.717, 1.165) is 12.1 Å². The first-order chi connectivity index (χ1) is 7.25. The van der Waals surface area contributed by atoms with Crippen molar-refractivity contribution in [2.45, 2.75) is 12.5 Å². The van der Waals surface area contributed by atoms with Gasteiger partial charge < -0.3 is 10.6 Å². The van der Waals surface area contributed by atoms with Gasteiger partial charge in [-0.2, -0.15) is 0 Å². The second kappa shape index (κ2) is 4.40. The first-order valence-corrected chi connectivity index (χ1v) is 5.01. The molecule has 0 bridgehead atoms. The molecule has 1 aliphatic heterocycles. The van der Waals surface area contributed by atoms with Crippen LogP contribution in [0.5, 0.6) is 0 Å². The Morgan fingerprint density at radius 1 is 1.27 bits per heavy atom. The van der Waals surface area contributed by atoms with Crippen molar-refractivity contribution in [3.8, 4) is 0 Å². The van der Waals surface area contributed by atoms with Crippen LogP contribution in [0.15, 0.2) is 24.3 Å². The number of benzene rings is 1. The zero-order valence-electron chi connectivity index (χ0n) is 8.29. The number of nitrogens with one attached hydrogen (secondary N) is 2. The first kappa shape index (κ1) is 10.1. The average Bonchev–Trinajstić information content (AvgIpc) is 2.25. The summed E-state index contributed by atoms with van der Waals surface area (Å²) in [5.41, 5.74) is 0.964. The molecule has 1 amide bonds. The van der Waals surface area contributed by atoms with Gasteiger partial charge >= 0.3 is 0 Å². The Labute approximate surface area is 87.7 Å². The van der Waals surface area contributed by atoms with Gasteiger partial charge in [0.1, 0.15) is 5.82 Å². The van der Waals surface area contributed by atoms with Gasteiger partial charge in [0.15, 0.2) is 0 Å². The third-order valence-electron chi connectivity index (χ3n) is 2.48. The summed E-state index contributed by atoms with van der Waals surface area (Å²) in [6.07, 6.45) is 0.603. The predicted octanol–water partition coefficient (Wildman–Crippen LogP) is 0.456. The number of piperazine rings is 1. The molecule has 0 aromatic heterocycles. The van der Waals surface area contributed by atoms with E-state index in [-0.39, 0.29) is 17.8 Å². The summed E-state index contributed by atoms with van der Waals surface area (Å²) in [5.74, 6) is -0.231. The van der Waals surface area contributed by atoms with Gasteiger partial charge in [0, 0.05) is 13.1 Å². The van der Waals surface area contributed by atoms with Gasteiger partial charge in [-0.05, 0) is 24.1 Å². The van der Waals surface area contributed by atoms with Crippen molar-refractivity contribution < 1.29 is 9.18 Å². The molecule has 3 nitrogen and oxygen atoms in total. The molecule has 15 heavy (non-hydrogen) atoms. The third-order valence-corrected chi connectivity index (χ3v) is 2.48. The van der Waals surface area contributed by atoms with Crippen molar-refractivity contribution in [1.29, 1.82) is 0 Å². The highest BCUT2D eigenvalue weighted by Crippen LogP contribution is 2.06. The molecule has 0 aliphatic carbocycles. The van der Waals surface area contributed by atoms with Gasteiger partial charge in [0.2, 0.25) is 5.91 Å². The highest BCUT2D eigenvalue weighted by Gasteiger charge is 2.21. The molecule has 0 spiro atoms. The van der Waals surface area contributed by atoms with Crippen LogP contribution in [0, 0.1) is 5.82 Å². The fraction of sp³-hybridized carbons (Fsp3) is 0.364. The van der Waals surface area contributed by atoms with Gasteiger partial charge in [-0.1, -0.05) is 12.1 Å². The van der Waals surface area contributed by atoms with Crippen molar-refractivity contribution in [2.75, 3.05) is 13.1 Å². The Morgan fingerprint density at radius 2 is 2.00 bits per heavy atom. The quantitative estimate of drug-likeness (QED) is 0.741. The highest BCUT2D eigenvalue weighted by molar-refractivity contribution is 5.82. The Hall–Kier alpha value is -1.42. The summed E-state index contributed by atoms with van der Waals surface area (Å²) < 4.78 is 12.6. The van der Waals surface area contributed by atoms with Gasteiger partial charge in [-0.15, -0.1) is 0 Å². The van der Waals surface area contributed by atoms with Crippen molar-refractivity contribution in [2.24, 2.45) is 0 Å². The summed E-state index contributed by atoms with van der Waals surface area (Å²) >= 11 is 0. The minimum atomic E-state index is -0.250. The van der Waals surface area contributed by atoms with Crippen LogP contribution in [-0.4, -0.2) is 25.0 Å². The molecule has 4 heteroatoms. The van der Waals surface area contributed by atoms with Crippen molar-refractivity contribution >= 4 is 5.91 Å². The van der Waals surface area contributed by atoms with Crippen LogP contribution in [0.2, 0.25) is 0 Å². The molecule has 0 radical (unpaired) electrons. The lowest BCUT2D eigenvalue weighted by Crippen LogP contribution is -2.53. The summed E-state index contributed by atoms with van der Waals surface area (Å²) in [5, 5.41) is 5.91. The van der Waals surface area contributed by atoms with Crippen LogP contribution in [0.1, 0.15) is 5.56 Å². The van der Waals surface area contributed by atoms with Crippen LogP contribution in [0.25, 0.3) is 0 Å². The fourth-order valence-electron chi connectivity index (χ4n) is 1.67. The van der Waals surface area contributed by atoms with Crippen LogP contribution in [-0.2, 0) is 11.2 Å². The topological polar surface area (TPSA) is 41.1 Å². The van der Waals surface area contributed by atoms with Crippen LogP contribution in [0.3, 0.4) is 0 Å². The standard InChI is InChI=1S/C11H13FN2O/c12-9-3-1-8(2-4-9)7-10-11(15)14-6-5-13-10/h1-4,10,13H,5-7H2,(H,14,15)/t10-/m0/s1. The largest absolute Gasteiger partial charge is 0.353 e. The average molecular weight is 208 g/mol. The fourth-order valence-corrected chi connectivity index (χ4v) is 1.67. The highest BCUT2D eigenvalue weighted by atomic mass is 19.1. The lowest BCUT2D eigenvalue weighted by atomic mass is 10.0. The van der Waals surface area contributed by atoms with Crippen molar-refractivity contribution in [3.05, 3.63) is 35.6 Å². The molecule has 0 unspecified atom stereocenters. The van der Waals surface area contributed by atoms with Crippen LogP contribution < -0.4 is 10.6 Å². The monoisotopic (exact) mass is 208 g/mol. The Balaban J connectivity index is 2.01. The predicted molar refractivity (Wildman–Crippen MR) is 54.9 cm³/mol. The Bertz CT molecular complexity index is 350. The van der Waals surface area contributed by atoms with E-state index < -0.39 is 0 Å². The van der Waals surface area contributed by atoms with Gasteiger partial charge in [-0.25, -0.2) is 4.39 Å². The number of amides is 1. The van der Waals surface area contributed by atoms with E-state index in [1.165, 1.54) is 12.1 Å². The van der Waals surface area contributed by atoms with E-state index in [2.05, 4.69) is 10.6 Å². The first-order valence-electron chi connectivity index (χ1n) is 5.01. The van der Waals surface area contributed by atoms with Crippen molar-refractivity contribution in [3.63, 3.8) is 0 Å². The van der Waals surface area contributed by atoms with Gasteiger partial charge in [0.25, 0.3) is 0 Å². The summed E-state index contributed by atoms with van der Waals surface area (Å²) in [7, 11) is 0. The molecule has 1 atom stereocenters. The number of carbonyl (C=O) groups is 1. The molecule has 2 rings (SSSR count). The lowest BCUT2D eigenvalue weighted by Gasteiger charge is -2.23. The summed E-state index contributed by atoms with van der Waals surface area (Å²) in [4.78, 5) is 11.4. The molecule has 1 aliphatic rings.